The van der Waals surface area contributed by atoms with Crippen molar-refractivity contribution in [3.63, 3.8) is 0 Å². The highest BCUT2D eigenvalue weighted by molar-refractivity contribution is 5.85. The highest BCUT2D eigenvalue weighted by atomic mass is 16.2. The molecule has 0 atom stereocenters. The van der Waals surface area contributed by atoms with E-state index in [-0.39, 0.29) is 13.1 Å². The maximum absolute atomic E-state index is 12.2. The van der Waals surface area contributed by atoms with Crippen molar-refractivity contribution >= 4 is 28.5 Å². The Morgan fingerprint density at radius 2 is 1.79 bits per heavy atom. The molecule has 2 amide bonds. The van der Waals surface area contributed by atoms with Crippen LogP contribution >= 0.6 is 0 Å². The number of aromatic nitrogens is 2. The summed E-state index contributed by atoms with van der Waals surface area (Å²) in [7, 11) is 0. The molecule has 0 aliphatic carbocycles. The zero-order chi connectivity index (χ0) is 20.1. The lowest BCUT2D eigenvalue weighted by atomic mass is 10.1. The minimum absolute atomic E-state index is 0.00230. The van der Waals surface area contributed by atoms with E-state index in [1.807, 2.05) is 32.0 Å². The van der Waals surface area contributed by atoms with Crippen molar-refractivity contribution in [3.05, 3.63) is 70.1 Å². The molecule has 2 aromatic carbocycles. The first-order valence-corrected chi connectivity index (χ1v) is 8.77. The molecule has 1 heterocycles. The van der Waals surface area contributed by atoms with Crippen molar-refractivity contribution < 1.29 is 9.59 Å². The molecule has 3 aromatic rings. The van der Waals surface area contributed by atoms with E-state index in [1.54, 1.807) is 24.3 Å². The van der Waals surface area contributed by atoms with Crippen LogP contribution in [0, 0.1) is 13.8 Å². The van der Waals surface area contributed by atoms with Gasteiger partial charge in [0.2, 0.25) is 0 Å². The van der Waals surface area contributed by atoms with E-state index in [9.17, 15) is 14.4 Å². The Labute approximate surface area is 161 Å². The Balaban J connectivity index is 1.55. The minimum atomic E-state index is -0.515. The molecule has 8 nitrogen and oxygen atoms in total. The van der Waals surface area contributed by atoms with Crippen LogP contribution in [0.15, 0.2) is 53.5 Å². The zero-order valence-electron chi connectivity index (χ0n) is 15.7. The molecule has 0 saturated heterocycles. The first-order chi connectivity index (χ1) is 13.4. The van der Waals surface area contributed by atoms with Crippen molar-refractivity contribution in [1.29, 1.82) is 0 Å². The second-order valence-electron chi connectivity index (χ2n) is 6.44. The van der Waals surface area contributed by atoms with Crippen molar-refractivity contribution in [2.24, 2.45) is 0 Å². The van der Waals surface area contributed by atoms with E-state index < -0.39 is 17.4 Å². The predicted octanol–water partition coefficient (Wildman–Crippen LogP) is 1.27. The van der Waals surface area contributed by atoms with Crippen LogP contribution in [-0.4, -0.2) is 27.9 Å². The fourth-order valence-electron chi connectivity index (χ4n) is 2.83. The summed E-state index contributed by atoms with van der Waals surface area (Å²) in [6.45, 7) is 3.72. The Hall–Kier alpha value is -3.68. The number of amides is 2. The molecule has 8 heteroatoms. The Morgan fingerprint density at radius 1 is 1.04 bits per heavy atom. The fourth-order valence-corrected chi connectivity index (χ4v) is 2.83. The van der Waals surface area contributed by atoms with E-state index in [2.05, 4.69) is 21.2 Å². The number of nitrogens with one attached hydrogen (secondary N) is 3. The topological polar surface area (TPSA) is 105 Å². The standard InChI is InChI=1S/C20H21N5O3/c1-13-7-8-15(14(2)9-13)21-10-18(26)23-24-19(27)12-25-17-6-4-3-5-16(17)22-11-20(25)28/h3-9,11,21H,10,12H2,1-2H3,(H,23,26)(H,24,27). The van der Waals surface area contributed by atoms with Crippen molar-refractivity contribution in [3.8, 4) is 0 Å². The van der Waals surface area contributed by atoms with Gasteiger partial charge in [-0.15, -0.1) is 0 Å². The normalized spacial score (nSPS) is 10.5. The summed E-state index contributed by atoms with van der Waals surface area (Å²) in [5, 5.41) is 3.02. The molecule has 0 aliphatic heterocycles. The van der Waals surface area contributed by atoms with Gasteiger partial charge in [-0.1, -0.05) is 29.8 Å². The third-order valence-electron chi connectivity index (χ3n) is 4.22. The summed E-state index contributed by atoms with van der Waals surface area (Å²) in [4.78, 5) is 40.2. The summed E-state index contributed by atoms with van der Waals surface area (Å²) >= 11 is 0. The number of carbonyl (C=O) groups is 2. The van der Waals surface area contributed by atoms with Gasteiger partial charge in [-0.25, -0.2) is 4.98 Å². The lowest BCUT2D eigenvalue weighted by Gasteiger charge is -2.12. The summed E-state index contributed by atoms with van der Waals surface area (Å²) in [5.41, 5.74) is 8.44. The van der Waals surface area contributed by atoms with Crippen LogP contribution in [0.25, 0.3) is 11.0 Å². The number of anilines is 1. The summed E-state index contributed by atoms with van der Waals surface area (Å²) in [6, 6.07) is 12.9. The number of carbonyl (C=O) groups excluding carboxylic acids is 2. The van der Waals surface area contributed by atoms with Crippen LogP contribution < -0.4 is 21.7 Å². The molecule has 0 unspecified atom stereocenters. The molecular weight excluding hydrogens is 358 g/mol. The van der Waals surface area contributed by atoms with Gasteiger partial charge in [0.15, 0.2) is 0 Å². The second-order valence-corrected chi connectivity index (χ2v) is 6.44. The largest absolute Gasteiger partial charge is 0.376 e. The van der Waals surface area contributed by atoms with E-state index >= 15 is 0 Å². The number of aryl methyl sites for hydroxylation is 2. The van der Waals surface area contributed by atoms with Crippen molar-refractivity contribution in [2.45, 2.75) is 20.4 Å². The van der Waals surface area contributed by atoms with Crippen LogP contribution in [-0.2, 0) is 16.1 Å². The van der Waals surface area contributed by atoms with Crippen LogP contribution in [0.5, 0.6) is 0 Å². The SMILES string of the molecule is Cc1ccc(NCC(=O)NNC(=O)Cn2c(=O)cnc3ccccc32)c(C)c1. The number of benzene rings is 2. The maximum Gasteiger partial charge on any atom is 0.269 e. The number of hydrazine groups is 1. The predicted molar refractivity (Wildman–Crippen MR) is 107 cm³/mol. The quantitative estimate of drug-likeness (QED) is 0.579. The molecule has 28 heavy (non-hydrogen) atoms. The Kier molecular flexibility index (Phi) is 5.69. The van der Waals surface area contributed by atoms with E-state index in [4.69, 9.17) is 0 Å². The van der Waals surface area contributed by atoms with Gasteiger partial charge in [0, 0.05) is 5.69 Å². The van der Waals surface area contributed by atoms with E-state index in [0.29, 0.717) is 11.0 Å². The number of nitrogens with zero attached hydrogens (tertiary/aromatic N) is 2. The molecule has 1 aromatic heterocycles. The van der Waals surface area contributed by atoms with Crippen LogP contribution in [0.4, 0.5) is 5.69 Å². The molecule has 144 valence electrons. The molecule has 3 N–H and O–H groups in total. The minimum Gasteiger partial charge on any atom is -0.376 e. The summed E-state index contributed by atoms with van der Waals surface area (Å²) < 4.78 is 1.30. The smallest absolute Gasteiger partial charge is 0.269 e. The highest BCUT2D eigenvalue weighted by Gasteiger charge is 2.10. The van der Waals surface area contributed by atoms with Gasteiger partial charge >= 0.3 is 0 Å². The average molecular weight is 379 g/mol. The maximum atomic E-state index is 12.2. The number of fused-ring (bicyclic) bond motifs is 1. The van der Waals surface area contributed by atoms with Crippen LogP contribution in [0.3, 0.4) is 0 Å². The lowest BCUT2D eigenvalue weighted by Crippen LogP contribution is -2.46. The average Bonchev–Trinajstić information content (AvgIpc) is 2.68. The fraction of sp³-hybridized carbons (Fsp3) is 0.200. The molecule has 0 aliphatic rings. The molecule has 0 bridgehead atoms. The van der Waals surface area contributed by atoms with Crippen LogP contribution in [0.1, 0.15) is 11.1 Å². The molecule has 0 fully saturated rings. The summed E-state index contributed by atoms with van der Waals surface area (Å²) in [5.74, 6) is -0.918. The third kappa shape index (κ3) is 4.53. The third-order valence-corrected chi connectivity index (χ3v) is 4.22. The van der Waals surface area contributed by atoms with Gasteiger partial charge in [-0.05, 0) is 37.6 Å². The molecule has 3 rings (SSSR count). The first kappa shape index (κ1) is 19.1. The van der Waals surface area contributed by atoms with Crippen molar-refractivity contribution in [1.82, 2.24) is 20.4 Å². The second kappa shape index (κ2) is 8.34. The van der Waals surface area contributed by atoms with Gasteiger partial charge in [0.05, 0.1) is 23.8 Å². The first-order valence-electron chi connectivity index (χ1n) is 8.77. The Morgan fingerprint density at radius 3 is 2.57 bits per heavy atom. The number of para-hydroxylation sites is 2. The van der Waals surface area contributed by atoms with E-state index in [1.165, 1.54) is 10.8 Å². The molecule has 0 spiro atoms. The van der Waals surface area contributed by atoms with Crippen LogP contribution in [0.2, 0.25) is 0 Å². The lowest BCUT2D eigenvalue weighted by molar-refractivity contribution is -0.128. The number of rotatable bonds is 5. The van der Waals surface area contributed by atoms with Gasteiger partial charge in [-0.2, -0.15) is 0 Å². The summed E-state index contributed by atoms with van der Waals surface area (Å²) in [6.07, 6.45) is 1.17. The number of hydrogen-bond acceptors (Lipinski definition) is 5. The van der Waals surface area contributed by atoms with Gasteiger partial charge in [0.1, 0.15) is 6.54 Å². The van der Waals surface area contributed by atoms with Gasteiger partial charge in [0.25, 0.3) is 17.4 Å². The molecule has 0 radical (unpaired) electrons. The van der Waals surface area contributed by atoms with Crippen molar-refractivity contribution in [2.75, 3.05) is 11.9 Å². The molecular formula is C20H21N5O3. The highest BCUT2D eigenvalue weighted by Crippen LogP contribution is 2.15. The number of hydrogen-bond donors (Lipinski definition) is 3. The van der Waals surface area contributed by atoms with E-state index in [0.717, 1.165) is 16.8 Å². The Bertz CT molecular complexity index is 1090. The molecule has 0 saturated carbocycles. The van der Waals surface area contributed by atoms with Gasteiger partial charge < -0.3 is 5.32 Å². The van der Waals surface area contributed by atoms with Gasteiger partial charge in [-0.3, -0.25) is 29.8 Å². The zero-order valence-corrected chi connectivity index (χ0v) is 15.7. The monoisotopic (exact) mass is 379 g/mol.